The van der Waals surface area contributed by atoms with Crippen LogP contribution in [0, 0.1) is 0 Å². The van der Waals surface area contributed by atoms with Crippen molar-refractivity contribution in [1.82, 2.24) is 20.6 Å². The Morgan fingerprint density at radius 3 is 2.84 bits per heavy atom. The average Bonchev–Trinajstić information content (AvgIpc) is 2.89. The quantitative estimate of drug-likeness (QED) is 0.774. The Bertz CT molecular complexity index is 590. The number of rotatable bonds is 2. The minimum atomic E-state index is -0.410. The third-order valence-electron chi connectivity index (χ3n) is 3.06. The van der Waals surface area contributed by atoms with Crippen LogP contribution in [0.2, 0.25) is 0 Å². The highest BCUT2D eigenvalue weighted by atomic mass is 16.2. The molecule has 0 saturated carbocycles. The summed E-state index contributed by atoms with van der Waals surface area (Å²) in [5, 5.41) is 5.84. The molecule has 19 heavy (non-hydrogen) atoms. The van der Waals surface area contributed by atoms with E-state index in [0.29, 0.717) is 18.8 Å². The molecule has 3 heterocycles. The zero-order chi connectivity index (χ0) is 13.2. The molecule has 1 unspecified atom stereocenters. The van der Waals surface area contributed by atoms with Gasteiger partial charge in [0, 0.05) is 30.2 Å². The minimum absolute atomic E-state index is 0.114. The second kappa shape index (κ2) is 4.74. The Kier molecular flexibility index (Phi) is 2.92. The molecule has 1 aromatic rings. The van der Waals surface area contributed by atoms with Gasteiger partial charge in [-0.2, -0.15) is 0 Å². The normalized spacial score (nSPS) is 22.8. The maximum Gasteiger partial charge on any atom is 0.247 e. The van der Waals surface area contributed by atoms with Gasteiger partial charge in [0.25, 0.3) is 0 Å². The first-order valence-electron chi connectivity index (χ1n) is 5.96. The highest BCUT2D eigenvalue weighted by molar-refractivity contribution is 6.18. The molecule has 2 aliphatic rings. The molecule has 1 atom stereocenters. The Labute approximate surface area is 110 Å². The first-order chi connectivity index (χ1) is 9.24. The lowest BCUT2D eigenvalue weighted by molar-refractivity contribution is -0.121. The van der Waals surface area contributed by atoms with Crippen molar-refractivity contribution in [2.45, 2.75) is 6.04 Å². The molecule has 1 amide bonds. The SMILES string of the molecule is C=C1CNC(C2=NCC(c3cncnc3)=C2)C(=O)N1. The molecule has 0 radical (unpaired) electrons. The predicted molar refractivity (Wildman–Crippen MR) is 71.4 cm³/mol. The maximum absolute atomic E-state index is 11.9. The molecule has 6 heteroatoms. The van der Waals surface area contributed by atoms with Crippen LogP contribution in [0.25, 0.3) is 5.57 Å². The van der Waals surface area contributed by atoms with Crippen LogP contribution in [0.3, 0.4) is 0 Å². The van der Waals surface area contributed by atoms with Crippen LogP contribution in [0.15, 0.2) is 42.1 Å². The summed E-state index contributed by atoms with van der Waals surface area (Å²) in [6, 6.07) is -0.410. The number of hydrogen-bond acceptors (Lipinski definition) is 5. The van der Waals surface area contributed by atoms with Gasteiger partial charge in [-0.1, -0.05) is 6.58 Å². The third-order valence-corrected chi connectivity index (χ3v) is 3.06. The Morgan fingerprint density at radius 2 is 2.11 bits per heavy atom. The number of aliphatic imine (C=N–C) groups is 1. The Hall–Kier alpha value is -2.34. The van der Waals surface area contributed by atoms with Gasteiger partial charge >= 0.3 is 0 Å². The van der Waals surface area contributed by atoms with Gasteiger partial charge in [-0.05, 0) is 11.6 Å². The molecule has 1 aromatic heterocycles. The molecule has 1 saturated heterocycles. The summed E-state index contributed by atoms with van der Waals surface area (Å²) < 4.78 is 0. The van der Waals surface area contributed by atoms with Crippen molar-refractivity contribution in [3.05, 3.63) is 42.6 Å². The van der Waals surface area contributed by atoms with E-state index in [2.05, 4.69) is 32.2 Å². The molecule has 2 N–H and O–H groups in total. The second-order valence-corrected chi connectivity index (χ2v) is 4.44. The number of amides is 1. The van der Waals surface area contributed by atoms with Crippen LogP contribution in [0.1, 0.15) is 5.56 Å². The molecule has 3 rings (SSSR count). The minimum Gasteiger partial charge on any atom is -0.327 e. The van der Waals surface area contributed by atoms with Crippen LogP contribution in [0.4, 0.5) is 0 Å². The lowest BCUT2D eigenvalue weighted by atomic mass is 10.1. The van der Waals surface area contributed by atoms with Crippen molar-refractivity contribution in [1.29, 1.82) is 0 Å². The molecule has 0 spiro atoms. The lowest BCUT2D eigenvalue weighted by Gasteiger charge is -2.24. The number of carbonyl (C=O) groups is 1. The molecule has 2 aliphatic heterocycles. The largest absolute Gasteiger partial charge is 0.327 e. The number of aromatic nitrogens is 2. The highest BCUT2D eigenvalue weighted by Crippen LogP contribution is 2.19. The summed E-state index contributed by atoms with van der Waals surface area (Å²) in [7, 11) is 0. The van der Waals surface area contributed by atoms with Gasteiger partial charge in [0.2, 0.25) is 5.91 Å². The fourth-order valence-electron chi connectivity index (χ4n) is 2.11. The predicted octanol–water partition coefficient (Wildman–Crippen LogP) is -0.0837. The number of piperazine rings is 1. The van der Waals surface area contributed by atoms with Gasteiger partial charge < -0.3 is 5.32 Å². The van der Waals surface area contributed by atoms with E-state index in [9.17, 15) is 4.79 Å². The molecule has 1 fully saturated rings. The molecule has 0 aliphatic carbocycles. The van der Waals surface area contributed by atoms with Gasteiger partial charge in [0.15, 0.2) is 0 Å². The van der Waals surface area contributed by atoms with Crippen molar-refractivity contribution in [2.75, 3.05) is 13.1 Å². The average molecular weight is 255 g/mol. The van der Waals surface area contributed by atoms with Crippen LogP contribution >= 0.6 is 0 Å². The van der Waals surface area contributed by atoms with E-state index < -0.39 is 6.04 Å². The second-order valence-electron chi connectivity index (χ2n) is 4.44. The first-order valence-corrected chi connectivity index (χ1v) is 5.96. The summed E-state index contributed by atoms with van der Waals surface area (Å²) in [4.78, 5) is 24.2. The molecule has 6 nitrogen and oxygen atoms in total. The fraction of sp³-hybridized carbons (Fsp3) is 0.231. The van der Waals surface area contributed by atoms with E-state index in [0.717, 1.165) is 16.8 Å². The summed E-state index contributed by atoms with van der Waals surface area (Å²) in [6.45, 7) is 4.84. The van der Waals surface area contributed by atoms with Gasteiger partial charge in [-0.3, -0.25) is 15.1 Å². The highest BCUT2D eigenvalue weighted by Gasteiger charge is 2.29. The van der Waals surface area contributed by atoms with Crippen LogP contribution in [-0.4, -0.2) is 40.7 Å². The van der Waals surface area contributed by atoms with E-state index in [4.69, 9.17) is 0 Å². The summed E-state index contributed by atoms with van der Waals surface area (Å²) in [6.07, 6.45) is 6.90. The molecule has 96 valence electrons. The number of nitrogens with zero attached hydrogens (tertiary/aromatic N) is 3. The van der Waals surface area contributed by atoms with Crippen molar-refractivity contribution < 1.29 is 4.79 Å². The molecule has 0 bridgehead atoms. The zero-order valence-electron chi connectivity index (χ0n) is 10.3. The lowest BCUT2D eigenvalue weighted by Crippen LogP contribution is -2.54. The summed E-state index contributed by atoms with van der Waals surface area (Å²) in [5.74, 6) is -0.114. The van der Waals surface area contributed by atoms with E-state index in [1.54, 1.807) is 12.4 Å². The van der Waals surface area contributed by atoms with Crippen LogP contribution in [-0.2, 0) is 4.79 Å². The smallest absolute Gasteiger partial charge is 0.247 e. The van der Waals surface area contributed by atoms with Crippen molar-refractivity contribution in [2.24, 2.45) is 4.99 Å². The molecular weight excluding hydrogens is 242 g/mol. The number of hydrogen-bond donors (Lipinski definition) is 2. The number of carbonyl (C=O) groups excluding carboxylic acids is 1. The van der Waals surface area contributed by atoms with E-state index in [-0.39, 0.29) is 5.91 Å². The summed E-state index contributed by atoms with van der Waals surface area (Å²) in [5.41, 5.74) is 3.38. The van der Waals surface area contributed by atoms with E-state index in [1.165, 1.54) is 6.33 Å². The van der Waals surface area contributed by atoms with Crippen molar-refractivity contribution >= 4 is 17.2 Å². The zero-order valence-corrected chi connectivity index (χ0v) is 10.3. The topological polar surface area (TPSA) is 79.3 Å². The van der Waals surface area contributed by atoms with Gasteiger partial charge in [0.1, 0.15) is 12.4 Å². The fourth-order valence-corrected chi connectivity index (χ4v) is 2.11. The van der Waals surface area contributed by atoms with Gasteiger partial charge in [-0.25, -0.2) is 9.97 Å². The first kappa shape index (κ1) is 11.7. The molecular formula is C13H13N5O. The maximum atomic E-state index is 11.9. The van der Waals surface area contributed by atoms with E-state index in [1.807, 2.05) is 6.08 Å². The van der Waals surface area contributed by atoms with Crippen LogP contribution < -0.4 is 10.6 Å². The summed E-state index contributed by atoms with van der Waals surface area (Å²) >= 11 is 0. The standard InChI is InChI=1S/C13H13N5O/c1-8-3-17-12(13(19)18-8)11-2-9(6-16-11)10-4-14-7-15-5-10/h2,4-5,7,12,17H,1,3,6H2,(H,18,19). The number of nitrogens with one attached hydrogen (secondary N) is 2. The van der Waals surface area contributed by atoms with Crippen molar-refractivity contribution in [3.63, 3.8) is 0 Å². The molecule has 0 aromatic carbocycles. The van der Waals surface area contributed by atoms with Crippen LogP contribution in [0.5, 0.6) is 0 Å². The van der Waals surface area contributed by atoms with Gasteiger partial charge in [-0.15, -0.1) is 0 Å². The Balaban J connectivity index is 1.79. The van der Waals surface area contributed by atoms with Gasteiger partial charge in [0.05, 0.1) is 12.3 Å². The Morgan fingerprint density at radius 1 is 1.32 bits per heavy atom. The third kappa shape index (κ3) is 2.30. The van der Waals surface area contributed by atoms with Crippen molar-refractivity contribution in [3.8, 4) is 0 Å². The van der Waals surface area contributed by atoms with E-state index >= 15 is 0 Å². The monoisotopic (exact) mass is 255 g/mol.